The number of esters is 1. The first-order chi connectivity index (χ1) is 7.74. The van der Waals surface area contributed by atoms with E-state index in [-0.39, 0.29) is 12.6 Å². The van der Waals surface area contributed by atoms with E-state index in [2.05, 4.69) is 0 Å². The standard InChI is InChI=1S/C13H16O3/c1-11(7-5-6-10-14)13(15)16-12-8-3-2-4-9-12/h2-4,7-9,14H,5-6,10H2,1H3. The van der Waals surface area contributed by atoms with Gasteiger partial charge in [-0.15, -0.1) is 0 Å². The largest absolute Gasteiger partial charge is 0.423 e. The molecule has 86 valence electrons. The number of ether oxygens (including phenoxy) is 1. The van der Waals surface area contributed by atoms with Crippen LogP contribution in [0.15, 0.2) is 42.0 Å². The van der Waals surface area contributed by atoms with Gasteiger partial charge in [-0.3, -0.25) is 0 Å². The number of unbranched alkanes of at least 4 members (excludes halogenated alkanes) is 1. The summed E-state index contributed by atoms with van der Waals surface area (Å²) in [6.07, 6.45) is 3.13. The summed E-state index contributed by atoms with van der Waals surface area (Å²) in [4.78, 5) is 11.6. The molecule has 0 spiro atoms. The van der Waals surface area contributed by atoms with Crippen LogP contribution in [-0.2, 0) is 4.79 Å². The van der Waals surface area contributed by atoms with E-state index in [1.54, 1.807) is 25.1 Å². The van der Waals surface area contributed by atoms with Crippen LogP contribution in [0.5, 0.6) is 5.75 Å². The van der Waals surface area contributed by atoms with Crippen LogP contribution in [0, 0.1) is 0 Å². The zero-order valence-corrected chi connectivity index (χ0v) is 9.35. The highest BCUT2D eigenvalue weighted by Crippen LogP contribution is 2.11. The van der Waals surface area contributed by atoms with Gasteiger partial charge in [0.25, 0.3) is 0 Å². The lowest BCUT2D eigenvalue weighted by Gasteiger charge is -2.03. The molecule has 1 rings (SSSR count). The zero-order valence-electron chi connectivity index (χ0n) is 9.35. The average Bonchev–Trinajstić information content (AvgIpc) is 2.30. The number of benzene rings is 1. The number of allylic oxidation sites excluding steroid dienone is 1. The summed E-state index contributed by atoms with van der Waals surface area (Å²) in [6, 6.07) is 8.96. The van der Waals surface area contributed by atoms with Crippen LogP contribution < -0.4 is 4.74 Å². The van der Waals surface area contributed by atoms with Crippen molar-refractivity contribution in [3.63, 3.8) is 0 Å². The van der Waals surface area contributed by atoms with E-state index in [1.165, 1.54) is 0 Å². The van der Waals surface area contributed by atoms with Gasteiger partial charge in [-0.1, -0.05) is 24.3 Å². The number of hydrogen-bond acceptors (Lipinski definition) is 3. The average molecular weight is 220 g/mol. The summed E-state index contributed by atoms with van der Waals surface area (Å²) in [5, 5.41) is 8.61. The SMILES string of the molecule is CC(=CCCCO)C(=O)Oc1ccccc1. The summed E-state index contributed by atoms with van der Waals surface area (Å²) >= 11 is 0. The maximum Gasteiger partial charge on any atom is 0.338 e. The molecule has 0 radical (unpaired) electrons. The van der Waals surface area contributed by atoms with Gasteiger partial charge in [0.05, 0.1) is 0 Å². The molecule has 0 aliphatic carbocycles. The molecular weight excluding hydrogens is 204 g/mol. The maximum absolute atomic E-state index is 11.6. The number of rotatable bonds is 5. The summed E-state index contributed by atoms with van der Waals surface area (Å²) in [5.74, 6) is 0.201. The Kier molecular flexibility index (Phi) is 5.29. The molecule has 0 aliphatic heterocycles. The highest BCUT2D eigenvalue weighted by Gasteiger charge is 2.06. The van der Waals surface area contributed by atoms with Crippen LogP contribution in [-0.4, -0.2) is 17.7 Å². The molecule has 0 aliphatic rings. The Bertz CT molecular complexity index is 355. The van der Waals surface area contributed by atoms with Gasteiger partial charge in [0.2, 0.25) is 0 Å². The van der Waals surface area contributed by atoms with Crippen LogP contribution >= 0.6 is 0 Å². The monoisotopic (exact) mass is 220 g/mol. The van der Waals surface area contributed by atoms with E-state index in [1.807, 2.05) is 18.2 Å². The fourth-order valence-corrected chi connectivity index (χ4v) is 1.17. The van der Waals surface area contributed by atoms with Crippen molar-refractivity contribution >= 4 is 5.97 Å². The summed E-state index contributed by atoms with van der Waals surface area (Å²) in [7, 11) is 0. The van der Waals surface area contributed by atoms with Gasteiger partial charge in [0.1, 0.15) is 5.75 Å². The number of carbonyl (C=O) groups is 1. The van der Waals surface area contributed by atoms with Crippen LogP contribution in [0.4, 0.5) is 0 Å². The van der Waals surface area contributed by atoms with Gasteiger partial charge in [-0.25, -0.2) is 4.79 Å². The highest BCUT2D eigenvalue weighted by molar-refractivity contribution is 5.89. The molecule has 0 heterocycles. The molecule has 1 aromatic carbocycles. The van der Waals surface area contributed by atoms with Crippen molar-refractivity contribution < 1.29 is 14.6 Å². The van der Waals surface area contributed by atoms with E-state index < -0.39 is 0 Å². The molecule has 0 unspecified atom stereocenters. The summed E-state index contributed by atoms with van der Waals surface area (Å²) in [6.45, 7) is 1.85. The Labute approximate surface area is 95.4 Å². The number of para-hydroxylation sites is 1. The molecule has 1 N–H and O–H groups in total. The van der Waals surface area contributed by atoms with Crippen molar-refractivity contribution in [2.45, 2.75) is 19.8 Å². The Morgan fingerprint density at radius 3 is 2.69 bits per heavy atom. The highest BCUT2D eigenvalue weighted by atomic mass is 16.5. The number of aliphatic hydroxyl groups is 1. The van der Waals surface area contributed by atoms with E-state index >= 15 is 0 Å². The molecule has 3 nitrogen and oxygen atoms in total. The molecule has 1 aromatic rings. The van der Waals surface area contributed by atoms with E-state index in [9.17, 15) is 4.79 Å². The van der Waals surface area contributed by atoms with Crippen molar-refractivity contribution in [2.24, 2.45) is 0 Å². The molecule has 0 amide bonds. The van der Waals surface area contributed by atoms with Gasteiger partial charge in [0.15, 0.2) is 0 Å². The topological polar surface area (TPSA) is 46.5 Å². The van der Waals surface area contributed by atoms with Crippen molar-refractivity contribution in [2.75, 3.05) is 6.61 Å². The lowest BCUT2D eigenvalue weighted by Crippen LogP contribution is -2.09. The minimum atomic E-state index is -0.343. The number of carbonyl (C=O) groups excluding carboxylic acids is 1. The van der Waals surface area contributed by atoms with Gasteiger partial charge in [-0.05, 0) is 31.9 Å². The number of aliphatic hydroxyl groups excluding tert-OH is 1. The predicted octanol–water partition coefficient (Wildman–Crippen LogP) is 2.31. The first kappa shape index (κ1) is 12.5. The molecule has 0 saturated carbocycles. The molecule has 0 aromatic heterocycles. The third-order valence-corrected chi connectivity index (χ3v) is 2.09. The molecule has 0 saturated heterocycles. The van der Waals surface area contributed by atoms with Crippen molar-refractivity contribution in [3.05, 3.63) is 42.0 Å². The Balaban J connectivity index is 2.49. The third-order valence-electron chi connectivity index (χ3n) is 2.09. The first-order valence-electron chi connectivity index (χ1n) is 5.29. The lowest BCUT2D eigenvalue weighted by molar-refractivity contribution is -0.130. The Hall–Kier alpha value is -1.61. The lowest BCUT2D eigenvalue weighted by atomic mass is 10.2. The number of hydrogen-bond donors (Lipinski definition) is 1. The Morgan fingerprint density at radius 2 is 2.06 bits per heavy atom. The molecular formula is C13H16O3. The van der Waals surface area contributed by atoms with E-state index in [4.69, 9.17) is 9.84 Å². The summed E-state index contributed by atoms with van der Waals surface area (Å²) in [5.41, 5.74) is 0.567. The van der Waals surface area contributed by atoms with Gasteiger partial charge in [0, 0.05) is 12.2 Å². The molecule has 16 heavy (non-hydrogen) atoms. The minimum Gasteiger partial charge on any atom is -0.423 e. The van der Waals surface area contributed by atoms with Gasteiger partial charge in [-0.2, -0.15) is 0 Å². The smallest absolute Gasteiger partial charge is 0.338 e. The van der Waals surface area contributed by atoms with Crippen LogP contribution in [0.25, 0.3) is 0 Å². The van der Waals surface area contributed by atoms with Gasteiger partial charge >= 0.3 is 5.97 Å². The quantitative estimate of drug-likeness (QED) is 0.358. The van der Waals surface area contributed by atoms with Crippen molar-refractivity contribution in [1.82, 2.24) is 0 Å². The van der Waals surface area contributed by atoms with E-state index in [0.29, 0.717) is 24.2 Å². The molecule has 0 atom stereocenters. The third kappa shape index (κ3) is 4.28. The predicted molar refractivity (Wildman–Crippen MR) is 62.2 cm³/mol. The molecule has 0 fully saturated rings. The Morgan fingerprint density at radius 1 is 1.38 bits per heavy atom. The summed E-state index contributed by atoms with van der Waals surface area (Å²) < 4.78 is 5.14. The van der Waals surface area contributed by atoms with E-state index in [0.717, 1.165) is 0 Å². The van der Waals surface area contributed by atoms with Crippen LogP contribution in [0.1, 0.15) is 19.8 Å². The van der Waals surface area contributed by atoms with Crippen LogP contribution in [0.3, 0.4) is 0 Å². The first-order valence-corrected chi connectivity index (χ1v) is 5.29. The zero-order chi connectivity index (χ0) is 11.8. The minimum absolute atomic E-state index is 0.136. The molecule has 3 heteroatoms. The fourth-order valence-electron chi connectivity index (χ4n) is 1.17. The fraction of sp³-hybridized carbons (Fsp3) is 0.308. The second-order valence-corrected chi connectivity index (χ2v) is 3.46. The second kappa shape index (κ2) is 6.80. The van der Waals surface area contributed by atoms with Crippen molar-refractivity contribution in [3.8, 4) is 5.75 Å². The van der Waals surface area contributed by atoms with Crippen molar-refractivity contribution in [1.29, 1.82) is 0 Å². The van der Waals surface area contributed by atoms with Crippen LogP contribution in [0.2, 0.25) is 0 Å². The second-order valence-electron chi connectivity index (χ2n) is 3.46. The van der Waals surface area contributed by atoms with Gasteiger partial charge < -0.3 is 9.84 Å². The normalized spacial score (nSPS) is 11.2. The maximum atomic E-state index is 11.6. The molecule has 0 bridgehead atoms.